The minimum Gasteiger partial charge on any atom is -0.682 e. The second kappa shape index (κ2) is 18.3. The molecule has 41 heavy (non-hydrogen) atoms. The molecule has 0 unspecified atom stereocenters. The maximum atomic E-state index is 5.09. The number of ether oxygens (including phenoxy) is 1. The zero-order chi connectivity index (χ0) is 28.4. The monoisotopic (exact) mass is 591 g/mol. The molecule has 1 fully saturated rings. The Hall–Kier alpha value is -2.25. The molecule has 3 aromatic carbocycles. The predicted molar refractivity (Wildman–Crippen MR) is 174 cm³/mol. The van der Waals surface area contributed by atoms with Gasteiger partial charge in [0.25, 0.3) is 0 Å². The van der Waals surface area contributed by atoms with E-state index in [4.69, 9.17) is 15.4 Å². The molecule has 0 aromatic heterocycles. The largest absolute Gasteiger partial charge is 5.00 e. The van der Waals surface area contributed by atoms with Gasteiger partial charge in [0.05, 0.1) is 0 Å². The summed E-state index contributed by atoms with van der Waals surface area (Å²) in [5.74, 6) is 1.79. The van der Waals surface area contributed by atoms with E-state index in [1.54, 1.807) is 0 Å². The minimum atomic E-state index is 0. The summed E-state index contributed by atoms with van der Waals surface area (Å²) in [4.78, 5) is 0. The normalized spacial score (nSPS) is 12.6. The van der Waals surface area contributed by atoms with Crippen LogP contribution in [0.4, 0.5) is 11.4 Å². The van der Waals surface area contributed by atoms with Crippen LogP contribution in [0.15, 0.2) is 54.6 Å². The topological polar surface area (TPSA) is 37.4 Å². The summed E-state index contributed by atoms with van der Waals surface area (Å²) in [6.45, 7) is 22.0. The van der Waals surface area contributed by atoms with Crippen molar-refractivity contribution in [2.45, 2.75) is 105 Å². The van der Waals surface area contributed by atoms with Gasteiger partial charge in [-0.25, -0.2) is 6.61 Å². The van der Waals surface area contributed by atoms with E-state index in [9.17, 15) is 0 Å². The molecule has 0 spiro atoms. The molecule has 0 bridgehead atoms. The van der Waals surface area contributed by atoms with Crippen molar-refractivity contribution >= 4 is 11.4 Å². The van der Waals surface area contributed by atoms with Gasteiger partial charge < -0.3 is 22.8 Å². The summed E-state index contributed by atoms with van der Waals surface area (Å²) >= 11 is 0. The summed E-state index contributed by atoms with van der Waals surface area (Å²) in [6.07, 6.45) is 2.38. The minimum absolute atomic E-state index is 0. The second-order valence-corrected chi connectivity index (χ2v) is 11.7. The average Bonchev–Trinajstić information content (AvgIpc) is 3.51. The predicted octanol–water partition coefficient (Wildman–Crippen LogP) is 11.8. The molecule has 0 amide bonds. The molecule has 1 heterocycles. The van der Waals surface area contributed by atoms with Gasteiger partial charge in [0.1, 0.15) is 0 Å². The fourth-order valence-electron chi connectivity index (χ4n) is 4.89. The Morgan fingerprint density at radius 3 is 1.29 bits per heavy atom. The summed E-state index contributed by atoms with van der Waals surface area (Å²) in [5, 5.41) is 10.2. The number of benzene rings is 3. The molecule has 4 heteroatoms. The second-order valence-electron chi connectivity index (χ2n) is 11.7. The molecule has 0 saturated carbocycles. The van der Waals surface area contributed by atoms with Crippen molar-refractivity contribution in [2.24, 2.45) is 0 Å². The van der Waals surface area contributed by atoms with Crippen molar-refractivity contribution in [1.29, 1.82) is 0 Å². The van der Waals surface area contributed by atoms with Gasteiger partial charge in [-0.15, -0.1) is 24.5 Å². The van der Waals surface area contributed by atoms with E-state index in [2.05, 4.69) is 116 Å². The van der Waals surface area contributed by atoms with Crippen molar-refractivity contribution in [3.63, 3.8) is 0 Å². The molecule has 0 N–H and O–H groups in total. The van der Waals surface area contributed by atoms with Gasteiger partial charge in [0.2, 0.25) is 0 Å². The Bertz CT molecular complexity index is 1020. The first kappa shape index (κ1) is 36.8. The third kappa shape index (κ3) is 10.8. The average molecular weight is 592 g/mol. The first-order chi connectivity index (χ1) is 18.7. The number of para-hydroxylation sites is 2. The van der Waals surface area contributed by atoms with Crippen LogP contribution in [0.3, 0.4) is 0 Å². The molecule has 4 rings (SSSR count). The van der Waals surface area contributed by atoms with E-state index in [1.807, 2.05) is 6.61 Å². The molecule has 1 radical (unpaired) electrons. The van der Waals surface area contributed by atoms with Gasteiger partial charge >= 0.3 is 17.4 Å². The van der Waals surface area contributed by atoms with E-state index in [1.165, 1.54) is 28.7 Å². The maximum Gasteiger partial charge on any atom is 5.00 e. The van der Waals surface area contributed by atoms with Crippen molar-refractivity contribution in [3.8, 4) is 0 Å². The van der Waals surface area contributed by atoms with E-state index in [0.29, 0.717) is 36.8 Å². The summed E-state index contributed by atoms with van der Waals surface area (Å²) in [7, 11) is 0. The number of hydrogen-bond donors (Lipinski definition) is 0. The maximum absolute atomic E-state index is 5.09. The van der Waals surface area contributed by atoms with Crippen molar-refractivity contribution in [3.05, 3.63) is 119 Å². The Morgan fingerprint density at radius 2 is 1.02 bits per heavy atom. The van der Waals surface area contributed by atoms with E-state index in [-0.39, 0.29) is 24.8 Å². The van der Waals surface area contributed by atoms with E-state index in [0.717, 1.165) is 35.5 Å². The van der Waals surface area contributed by atoms with E-state index < -0.39 is 0 Å². The summed E-state index contributed by atoms with van der Waals surface area (Å²) in [6, 6.07) is 23.1. The van der Waals surface area contributed by atoms with Gasteiger partial charge in [0, 0.05) is 6.61 Å². The molecular weight excluding hydrogens is 540 g/mol. The standard InChI is InChI=1S/C32H41N2.C4H7O.CH3.Cr/c1-21(2)27-14-10-15-28(22(3)4)31(27)33-19-25-12-9-13-26(18-25)20-34-32-29(23(5)6)16-11-17-30(32)24(7)8;1-2-4-5-3-1;;/h9-17,21-24H,19-20H2,1-8H3;3H,1-2,4H2;1H3;/q-3;2*-1;+5. The molecule has 0 atom stereocenters. The van der Waals surface area contributed by atoms with Gasteiger partial charge in [-0.05, 0) is 23.7 Å². The molecule has 3 aromatic rings. The van der Waals surface area contributed by atoms with Gasteiger partial charge in [-0.3, -0.25) is 0 Å². The first-order valence-electron chi connectivity index (χ1n) is 14.7. The van der Waals surface area contributed by atoms with Crippen LogP contribution < -0.4 is 0 Å². The van der Waals surface area contributed by atoms with Crippen LogP contribution in [0.5, 0.6) is 0 Å². The van der Waals surface area contributed by atoms with Crippen molar-refractivity contribution in [1.82, 2.24) is 0 Å². The van der Waals surface area contributed by atoms with Gasteiger partial charge in [0.15, 0.2) is 0 Å². The fraction of sp³-hybridized carbons (Fsp3) is 0.459. The zero-order valence-electron chi connectivity index (χ0n) is 26.8. The first-order valence-corrected chi connectivity index (χ1v) is 14.7. The molecule has 221 valence electrons. The molecular formula is C37H51CrN2O. The molecule has 1 aliphatic heterocycles. The quantitative estimate of drug-likeness (QED) is 0.216. The van der Waals surface area contributed by atoms with Crippen LogP contribution >= 0.6 is 0 Å². The third-order valence-corrected chi connectivity index (χ3v) is 7.12. The summed E-state index contributed by atoms with van der Waals surface area (Å²) < 4.78 is 4.82. The zero-order valence-corrected chi connectivity index (χ0v) is 28.1. The number of rotatable bonds is 10. The SMILES string of the molecule is CC(C)c1cccc(C(C)C)c1[N-]Cc1[c-]c(C[N-]c2c(C(C)C)cccc2C(C)C)ccc1.[CH-]1CCCO1.[CH3-].[Cr+5]. The van der Waals surface area contributed by atoms with Crippen LogP contribution in [0, 0.1) is 20.1 Å². The van der Waals surface area contributed by atoms with Crippen LogP contribution in [-0.2, 0) is 35.2 Å². The van der Waals surface area contributed by atoms with Crippen LogP contribution in [0.25, 0.3) is 10.6 Å². The fourth-order valence-corrected chi connectivity index (χ4v) is 4.89. The van der Waals surface area contributed by atoms with Crippen LogP contribution in [0.1, 0.15) is 125 Å². The van der Waals surface area contributed by atoms with Crippen molar-refractivity contribution < 1.29 is 22.1 Å². The van der Waals surface area contributed by atoms with Gasteiger partial charge in [-0.1, -0.05) is 120 Å². The number of nitrogens with zero attached hydrogens (tertiary/aromatic N) is 2. The van der Waals surface area contributed by atoms with Crippen LogP contribution in [-0.4, -0.2) is 6.61 Å². The van der Waals surface area contributed by atoms with Gasteiger partial charge in [-0.2, -0.15) is 41.8 Å². The Labute approximate surface area is 263 Å². The Balaban J connectivity index is 0.00000108. The van der Waals surface area contributed by atoms with Crippen LogP contribution in [0.2, 0.25) is 0 Å². The summed E-state index contributed by atoms with van der Waals surface area (Å²) in [5.41, 5.74) is 9.83. The third-order valence-electron chi connectivity index (χ3n) is 7.12. The number of hydrogen-bond acceptors (Lipinski definition) is 1. The molecule has 3 nitrogen and oxygen atoms in total. The molecule has 1 saturated heterocycles. The molecule has 1 aliphatic rings. The van der Waals surface area contributed by atoms with E-state index >= 15 is 0 Å². The van der Waals surface area contributed by atoms with Crippen molar-refractivity contribution in [2.75, 3.05) is 6.61 Å². The smallest absolute Gasteiger partial charge is 0.682 e. The Morgan fingerprint density at radius 1 is 0.659 bits per heavy atom. The Kier molecular flexibility index (Phi) is 16.4. The molecule has 0 aliphatic carbocycles.